The first-order valence-corrected chi connectivity index (χ1v) is 7.02. The Balaban J connectivity index is 1.85. The molecule has 21 heavy (non-hydrogen) atoms. The van der Waals surface area contributed by atoms with Crippen LogP contribution in [0.25, 0.3) is 0 Å². The number of carbonyl (C=O) groups is 2. The number of rotatable bonds is 5. The zero-order valence-electron chi connectivity index (χ0n) is 11.8. The lowest BCUT2D eigenvalue weighted by Gasteiger charge is -2.08. The highest BCUT2D eigenvalue weighted by Crippen LogP contribution is 2.37. The minimum absolute atomic E-state index is 0.184. The number of Topliss-reactive ketones (excluding diaryl/α,β-unsaturated/α-hetero) is 2. The Morgan fingerprint density at radius 1 is 1.29 bits per heavy atom. The number of ketones is 2. The van der Waals surface area contributed by atoms with Gasteiger partial charge in [0.15, 0.2) is 5.78 Å². The van der Waals surface area contributed by atoms with E-state index >= 15 is 0 Å². The molecular formula is C17H16O4. The molecule has 1 aromatic rings. The van der Waals surface area contributed by atoms with E-state index in [1.807, 2.05) is 18.2 Å². The fourth-order valence-electron chi connectivity index (χ4n) is 2.76. The zero-order valence-corrected chi connectivity index (χ0v) is 11.8. The molecule has 0 fully saturated rings. The summed E-state index contributed by atoms with van der Waals surface area (Å²) in [5, 5.41) is 0. The lowest BCUT2D eigenvalue weighted by molar-refractivity contribution is -0.119. The molecule has 0 aliphatic heterocycles. The molecule has 0 aromatic carbocycles. The van der Waals surface area contributed by atoms with Crippen LogP contribution in [0, 0.1) is 0 Å². The van der Waals surface area contributed by atoms with E-state index in [0.29, 0.717) is 17.8 Å². The third-order valence-corrected chi connectivity index (χ3v) is 3.76. The van der Waals surface area contributed by atoms with Crippen LogP contribution in [0.2, 0.25) is 0 Å². The first kappa shape index (κ1) is 13.6. The molecule has 0 saturated heterocycles. The summed E-state index contributed by atoms with van der Waals surface area (Å²) in [6, 6.07) is 3.60. The van der Waals surface area contributed by atoms with Crippen LogP contribution in [-0.2, 0) is 20.7 Å². The summed E-state index contributed by atoms with van der Waals surface area (Å²) in [5.41, 5.74) is 1.57. The molecule has 3 rings (SSSR count). The lowest BCUT2D eigenvalue weighted by atomic mass is 9.98. The maximum atomic E-state index is 12.4. The number of ether oxygens (including phenoxy) is 1. The predicted octanol–water partition coefficient (Wildman–Crippen LogP) is 2.91. The van der Waals surface area contributed by atoms with Gasteiger partial charge in [-0.05, 0) is 25.0 Å². The molecule has 0 atom stereocenters. The summed E-state index contributed by atoms with van der Waals surface area (Å²) in [6.07, 6.45) is 7.86. The second-order valence-electron chi connectivity index (χ2n) is 5.05. The second kappa shape index (κ2) is 5.56. The Bertz CT molecular complexity index is 672. The number of aryl methyl sites for hydroxylation is 1. The molecule has 2 aliphatic rings. The van der Waals surface area contributed by atoms with Gasteiger partial charge in [-0.3, -0.25) is 9.59 Å². The van der Waals surface area contributed by atoms with Crippen molar-refractivity contribution in [1.82, 2.24) is 0 Å². The van der Waals surface area contributed by atoms with Gasteiger partial charge in [0.1, 0.15) is 17.1 Å². The largest absolute Gasteiger partial charge is 0.495 e. The van der Waals surface area contributed by atoms with Gasteiger partial charge >= 0.3 is 0 Å². The number of fused-ring (bicyclic) bond motifs is 1. The maximum Gasteiger partial charge on any atom is 0.200 e. The number of carbonyl (C=O) groups excluding carboxylic acids is 2. The topological polar surface area (TPSA) is 56.5 Å². The third-order valence-electron chi connectivity index (χ3n) is 3.76. The van der Waals surface area contributed by atoms with E-state index in [9.17, 15) is 9.59 Å². The van der Waals surface area contributed by atoms with E-state index in [4.69, 9.17) is 9.15 Å². The maximum absolute atomic E-state index is 12.4. The fraction of sp³-hybridized carbons (Fsp3) is 0.294. The van der Waals surface area contributed by atoms with Gasteiger partial charge in [0.25, 0.3) is 0 Å². The van der Waals surface area contributed by atoms with Crippen molar-refractivity contribution in [2.45, 2.75) is 25.7 Å². The molecule has 4 nitrogen and oxygen atoms in total. The lowest BCUT2D eigenvalue weighted by Crippen LogP contribution is -2.12. The highest BCUT2D eigenvalue weighted by molar-refractivity contribution is 6.31. The predicted molar refractivity (Wildman–Crippen MR) is 76.5 cm³/mol. The van der Waals surface area contributed by atoms with E-state index in [1.54, 1.807) is 12.3 Å². The van der Waals surface area contributed by atoms with E-state index in [-0.39, 0.29) is 23.6 Å². The van der Waals surface area contributed by atoms with Gasteiger partial charge in [-0.25, -0.2) is 0 Å². The Kier molecular flexibility index (Phi) is 3.60. The smallest absolute Gasteiger partial charge is 0.200 e. The molecule has 0 unspecified atom stereocenters. The van der Waals surface area contributed by atoms with Crippen molar-refractivity contribution in [3.05, 3.63) is 58.8 Å². The first-order chi connectivity index (χ1) is 10.2. The quantitative estimate of drug-likeness (QED) is 0.780. The molecule has 1 heterocycles. The van der Waals surface area contributed by atoms with Crippen molar-refractivity contribution in [2.24, 2.45) is 0 Å². The summed E-state index contributed by atoms with van der Waals surface area (Å²) >= 11 is 0. The van der Waals surface area contributed by atoms with Crippen LogP contribution in [0.1, 0.15) is 25.0 Å². The van der Waals surface area contributed by atoms with Gasteiger partial charge in [-0.1, -0.05) is 12.2 Å². The van der Waals surface area contributed by atoms with Gasteiger partial charge < -0.3 is 9.15 Å². The van der Waals surface area contributed by atoms with Gasteiger partial charge in [-0.15, -0.1) is 0 Å². The van der Waals surface area contributed by atoms with Crippen LogP contribution in [0.3, 0.4) is 0 Å². The van der Waals surface area contributed by atoms with Gasteiger partial charge in [0.05, 0.1) is 13.4 Å². The van der Waals surface area contributed by atoms with Gasteiger partial charge in [0, 0.05) is 24.0 Å². The third kappa shape index (κ3) is 2.37. The van der Waals surface area contributed by atoms with Gasteiger partial charge in [0.2, 0.25) is 5.78 Å². The fourth-order valence-corrected chi connectivity index (χ4v) is 2.76. The molecule has 4 heteroatoms. The summed E-state index contributed by atoms with van der Waals surface area (Å²) in [7, 11) is 1.50. The average Bonchev–Trinajstić information content (AvgIpc) is 3.11. The first-order valence-electron chi connectivity index (χ1n) is 7.02. The number of methoxy groups -OCH3 is 1. The van der Waals surface area contributed by atoms with Crippen LogP contribution in [0.5, 0.6) is 0 Å². The van der Waals surface area contributed by atoms with Crippen LogP contribution in [0.15, 0.2) is 57.4 Å². The van der Waals surface area contributed by atoms with Crippen molar-refractivity contribution in [1.29, 1.82) is 0 Å². The summed E-state index contributed by atoms with van der Waals surface area (Å²) in [6.45, 7) is 0. The van der Waals surface area contributed by atoms with Crippen molar-refractivity contribution >= 4 is 11.6 Å². The molecule has 0 N–H and O–H groups in total. The van der Waals surface area contributed by atoms with Crippen molar-refractivity contribution in [3.8, 4) is 0 Å². The molecule has 2 aliphatic carbocycles. The van der Waals surface area contributed by atoms with Gasteiger partial charge in [-0.2, -0.15) is 0 Å². The van der Waals surface area contributed by atoms with Crippen LogP contribution >= 0.6 is 0 Å². The molecule has 0 bridgehead atoms. The average molecular weight is 284 g/mol. The van der Waals surface area contributed by atoms with E-state index < -0.39 is 0 Å². The SMILES string of the molecule is COC1=C(C(=O)CCc2ccco2)C(=O)C2=CCCC=C21. The molecule has 1 aromatic heterocycles. The Morgan fingerprint density at radius 2 is 2.05 bits per heavy atom. The molecule has 0 radical (unpaired) electrons. The minimum atomic E-state index is -0.206. The Morgan fingerprint density at radius 3 is 2.71 bits per heavy atom. The zero-order chi connectivity index (χ0) is 14.8. The Labute approximate surface area is 122 Å². The molecule has 108 valence electrons. The van der Waals surface area contributed by atoms with Crippen molar-refractivity contribution < 1.29 is 18.7 Å². The van der Waals surface area contributed by atoms with Crippen molar-refractivity contribution in [3.63, 3.8) is 0 Å². The van der Waals surface area contributed by atoms with E-state index in [1.165, 1.54) is 7.11 Å². The summed E-state index contributed by atoms with van der Waals surface area (Å²) in [4.78, 5) is 24.8. The highest BCUT2D eigenvalue weighted by Gasteiger charge is 2.37. The summed E-state index contributed by atoms with van der Waals surface area (Å²) < 4.78 is 10.5. The highest BCUT2D eigenvalue weighted by atomic mass is 16.5. The normalized spacial score (nSPS) is 17.5. The molecular weight excluding hydrogens is 268 g/mol. The van der Waals surface area contributed by atoms with Crippen molar-refractivity contribution in [2.75, 3.05) is 7.11 Å². The van der Waals surface area contributed by atoms with Crippen LogP contribution in [0.4, 0.5) is 0 Å². The van der Waals surface area contributed by atoms with Crippen LogP contribution < -0.4 is 0 Å². The number of furan rings is 1. The number of allylic oxidation sites excluding steroid dienone is 4. The number of hydrogen-bond donors (Lipinski definition) is 0. The molecule has 0 saturated carbocycles. The van der Waals surface area contributed by atoms with E-state index in [0.717, 1.165) is 24.2 Å². The second-order valence-corrected chi connectivity index (χ2v) is 5.05. The standard InChI is InChI=1S/C17H16O4/c1-20-17-13-7-3-2-6-12(13)16(19)15(17)14(18)9-8-11-5-4-10-21-11/h4-7,10H,2-3,8-9H2,1H3. The number of hydrogen-bond acceptors (Lipinski definition) is 4. The molecule has 0 spiro atoms. The van der Waals surface area contributed by atoms with Crippen LogP contribution in [-0.4, -0.2) is 18.7 Å². The minimum Gasteiger partial charge on any atom is -0.495 e. The van der Waals surface area contributed by atoms with E-state index in [2.05, 4.69) is 0 Å². The molecule has 0 amide bonds. The monoisotopic (exact) mass is 284 g/mol. The summed E-state index contributed by atoms with van der Waals surface area (Å²) in [5.74, 6) is 0.770. The Hall–Kier alpha value is -2.36.